The van der Waals surface area contributed by atoms with Gasteiger partial charge in [-0.05, 0) is 36.5 Å². The zero-order chi connectivity index (χ0) is 15.4. The van der Waals surface area contributed by atoms with E-state index in [0.29, 0.717) is 34.3 Å². The second-order valence-electron chi connectivity index (χ2n) is 5.91. The van der Waals surface area contributed by atoms with Crippen LogP contribution in [0, 0.1) is 11.8 Å². The maximum atomic E-state index is 12.1. The lowest BCUT2D eigenvalue weighted by molar-refractivity contribution is -0.119. The van der Waals surface area contributed by atoms with Crippen LogP contribution in [0.4, 0.5) is 5.69 Å². The van der Waals surface area contributed by atoms with Crippen LogP contribution in [0.5, 0.6) is 0 Å². The Morgan fingerprint density at radius 2 is 2.19 bits per heavy atom. The maximum absolute atomic E-state index is 12.1. The molecule has 0 heterocycles. The van der Waals surface area contributed by atoms with Gasteiger partial charge in [0.05, 0.1) is 5.75 Å². The van der Waals surface area contributed by atoms with Crippen LogP contribution in [0.2, 0.25) is 5.02 Å². The first-order valence-electron chi connectivity index (χ1n) is 7.44. The Morgan fingerprint density at radius 3 is 2.95 bits per heavy atom. The summed E-state index contributed by atoms with van der Waals surface area (Å²) in [6.07, 6.45) is 3.55. The molecule has 3 atom stereocenters. The van der Waals surface area contributed by atoms with Crippen LogP contribution in [0.3, 0.4) is 0 Å². The molecule has 0 aromatic heterocycles. The molecule has 3 N–H and O–H groups in total. The number of amides is 1. The summed E-state index contributed by atoms with van der Waals surface area (Å²) in [6, 6.07) is 5.64. The van der Waals surface area contributed by atoms with Crippen LogP contribution in [0.15, 0.2) is 23.1 Å². The minimum Gasteiger partial charge on any atom is -0.398 e. The molecular weight excluding hydrogens is 304 g/mol. The number of carbonyl (C=O) groups is 1. The zero-order valence-electron chi connectivity index (χ0n) is 12.6. The van der Waals surface area contributed by atoms with Gasteiger partial charge in [0.1, 0.15) is 0 Å². The minimum atomic E-state index is 0.0744. The highest BCUT2D eigenvalue weighted by Crippen LogP contribution is 2.30. The van der Waals surface area contributed by atoms with Crippen LogP contribution < -0.4 is 11.1 Å². The summed E-state index contributed by atoms with van der Waals surface area (Å²) >= 11 is 7.39. The summed E-state index contributed by atoms with van der Waals surface area (Å²) < 4.78 is 0. The van der Waals surface area contributed by atoms with Gasteiger partial charge in [0, 0.05) is 21.6 Å². The molecule has 5 heteroatoms. The van der Waals surface area contributed by atoms with Gasteiger partial charge in [-0.2, -0.15) is 0 Å². The molecular formula is C16H23ClN2OS. The third-order valence-electron chi connectivity index (χ3n) is 4.39. The molecule has 0 aliphatic heterocycles. The first kappa shape index (κ1) is 16.5. The fourth-order valence-electron chi connectivity index (χ4n) is 2.81. The van der Waals surface area contributed by atoms with Gasteiger partial charge < -0.3 is 11.1 Å². The Balaban J connectivity index is 1.86. The van der Waals surface area contributed by atoms with E-state index >= 15 is 0 Å². The van der Waals surface area contributed by atoms with Gasteiger partial charge >= 0.3 is 0 Å². The quantitative estimate of drug-likeness (QED) is 0.650. The van der Waals surface area contributed by atoms with Crippen molar-refractivity contribution >= 4 is 35.0 Å². The summed E-state index contributed by atoms with van der Waals surface area (Å²) in [5.74, 6) is 1.68. The highest BCUT2D eigenvalue weighted by molar-refractivity contribution is 8.00. The summed E-state index contributed by atoms with van der Waals surface area (Å²) in [6.45, 7) is 4.50. The molecule has 116 valence electrons. The highest BCUT2D eigenvalue weighted by atomic mass is 35.5. The topological polar surface area (TPSA) is 55.1 Å². The molecule has 1 aromatic rings. The summed E-state index contributed by atoms with van der Waals surface area (Å²) in [5, 5.41) is 3.81. The molecule has 0 radical (unpaired) electrons. The number of thioether (sulfide) groups is 1. The third kappa shape index (κ3) is 4.55. The van der Waals surface area contributed by atoms with Crippen molar-refractivity contribution in [3.05, 3.63) is 23.2 Å². The van der Waals surface area contributed by atoms with E-state index in [1.54, 1.807) is 18.2 Å². The molecule has 0 saturated heterocycles. The average Bonchev–Trinajstić information content (AvgIpc) is 2.45. The largest absolute Gasteiger partial charge is 0.398 e. The van der Waals surface area contributed by atoms with Gasteiger partial charge in [-0.1, -0.05) is 38.3 Å². The number of nitrogens with two attached hydrogens (primary N) is 1. The van der Waals surface area contributed by atoms with Crippen LogP contribution in [-0.4, -0.2) is 17.7 Å². The average molecular weight is 327 g/mol. The fraction of sp³-hybridized carbons (Fsp3) is 0.562. The smallest absolute Gasteiger partial charge is 0.230 e. The fourth-order valence-corrected chi connectivity index (χ4v) is 3.86. The normalized spacial score (nSPS) is 25.6. The van der Waals surface area contributed by atoms with E-state index in [1.807, 2.05) is 0 Å². The molecule has 3 unspecified atom stereocenters. The molecule has 21 heavy (non-hydrogen) atoms. The molecule has 0 bridgehead atoms. The molecule has 0 spiro atoms. The van der Waals surface area contributed by atoms with Gasteiger partial charge in [-0.15, -0.1) is 11.8 Å². The van der Waals surface area contributed by atoms with E-state index in [0.717, 1.165) is 11.3 Å². The Bertz CT molecular complexity index is 509. The SMILES string of the molecule is CC1CCCC(NC(=O)CSc2cc(Cl)ccc2N)C1C. The molecule has 2 rings (SSSR count). The van der Waals surface area contributed by atoms with E-state index in [-0.39, 0.29) is 5.91 Å². The number of halogens is 1. The Hall–Kier alpha value is -0.870. The Morgan fingerprint density at radius 1 is 1.43 bits per heavy atom. The number of anilines is 1. The van der Waals surface area contributed by atoms with Crippen molar-refractivity contribution in [2.75, 3.05) is 11.5 Å². The number of hydrogen-bond acceptors (Lipinski definition) is 3. The van der Waals surface area contributed by atoms with Crippen molar-refractivity contribution in [3.8, 4) is 0 Å². The molecule has 1 aliphatic carbocycles. The van der Waals surface area contributed by atoms with E-state index in [4.69, 9.17) is 17.3 Å². The monoisotopic (exact) mass is 326 g/mol. The first-order valence-corrected chi connectivity index (χ1v) is 8.81. The van der Waals surface area contributed by atoms with Gasteiger partial charge in [-0.3, -0.25) is 4.79 Å². The molecule has 1 amide bonds. The first-order chi connectivity index (χ1) is 9.97. The lowest BCUT2D eigenvalue weighted by Crippen LogP contribution is -2.44. The zero-order valence-corrected chi connectivity index (χ0v) is 14.1. The minimum absolute atomic E-state index is 0.0744. The Kier molecular flexibility index (Phi) is 5.82. The third-order valence-corrected chi connectivity index (χ3v) is 5.69. The summed E-state index contributed by atoms with van der Waals surface area (Å²) in [7, 11) is 0. The second-order valence-corrected chi connectivity index (χ2v) is 7.37. The lowest BCUT2D eigenvalue weighted by Gasteiger charge is -2.34. The number of rotatable bonds is 4. The summed E-state index contributed by atoms with van der Waals surface area (Å²) in [5.41, 5.74) is 6.55. The maximum Gasteiger partial charge on any atom is 0.230 e. The highest BCUT2D eigenvalue weighted by Gasteiger charge is 2.27. The van der Waals surface area contributed by atoms with Crippen LogP contribution in [0.25, 0.3) is 0 Å². The number of nitrogens with one attached hydrogen (secondary N) is 1. The summed E-state index contributed by atoms with van der Waals surface area (Å²) in [4.78, 5) is 13.0. The molecule has 3 nitrogen and oxygen atoms in total. The van der Waals surface area contributed by atoms with Gasteiger partial charge in [-0.25, -0.2) is 0 Å². The number of hydrogen-bond donors (Lipinski definition) is 2. The number of carbonyl (C=O) groups excluding carboxylic acids is 1. The van der Waals surface area contributed by atoms with Gasteiger partial charge in [0.25, 0.3) is 0 Å². The molecule has 1 aromatic carbocycles. The second kappa shape index (κ2) is 7.41. The van der Waals surface area contributed by atoms with Crippen molar-refractivity contribution in [3.63, 3.8) is 0 Å². The van der Waals surface area contributed by atoms with Crippen molar-refractivity contribution < 1.29 is 4.79 Å². The van der Waals surface area contributed by atoms with Crippen LogP contribution in [0.1, 0.15) is 33.1 Å². The van der Waals surface area contributed by atoms with E-state index in [2.05, 4.69) is 19.2 Å². The van der Waals surface area contributed by atoms with Crippen LogP contribution >= 0.6 is 23.4 Å². The van der Waals surface area contributed by atoms with E-state index < -0.39 is 0 Å². The van der Waals surface area contributed by atoms with Crippen molar-refractivity contribution in [1.82, 2.24) is 5.32 Å². The predicted octanol–water partition coefficient (Wildman–Crippen LogP) is 3.96. The number of nitrogen functional groups attached to an aromatic ring is 1. The van der Waals surface area contributed by atoms with Crippen LogP contribution in [-0.2, 0) is 4.79 Å². The Labute approximate surface area is 136 Å². The van der Waals surface area contributed by atoms with Crippen molar-refractivity contribution in [2.24, 2.45) is 11.8 Å². The standard InChI is InChI=1S/C16H23ClN2OS/c1-10-4-3-5-14(11(10)2)19-16(20)9-21-15-8-12(17)6-7-13(15)18/h6-8,10-11,14H,3-5,9,18H2,1-2H3,(H,19,20). The molecule has 1 aliphatic rings. The molecule has 1 saturated carbocycles. The van der Waals surface area contributed by atoms with E-state index in [1.165, 1.54) is 24.6 Å². The van der Waals surface area contributed by atoms with Gasteiger partial charge in [0.2, 0.25) is 5.91 Å². The van der Waals surface area contributed by atoms with Gasteiger partial charge in [0.15, 0.2) is 0 Å². The van der Waals surface area contributed by atoms with Crippen molar-refractivity contribution in [2.45, 2.75) is 44.0 Å². The lowest BCUT2D eigenvalue weighted by atomic mass is 9.78. The predicted molar refractivity (Wildman–Crippen MR) is 90.7 cm³/mol. The van der Waals surface area contributed by atoms with Crippen molar-refractivity contribution in [1.29, 1.82) is 0 Å². The number of benzene rings is 1. The molecule has 1 fully saturated rings. The van der Waals surface area contributed by atoms with E-state index in [9.17, 15) is 4.79 Å².